The van der Waals surface area contributed by atoms with Gasteiger partial charge in [0.15, 0.2) is 5.11 Å². The number of anilines is 1. The Morgan fingerprint density at radius 1 is 1.41 bits per heavy atom. The highest BCUT2D eigenvalue weighted by Gasteiger charge is 2.08. The third-order valence-electron chi connectivity index (χ3n) is 1.91. The molecule has 1 rings (SSSR count). The van der Waals surface area contributed by atoms with Crippen molar-refractivity contribution in [3.8, 4) is 5.75 Å². The van der Waals surface area contributed by atoms with Gasteiger partial charge in [0.05, 0.1) is 11.3 Å². The minimum absolute atomic E-state index is 0.0239. The summed E-state index contributed by atoms with van der Waals surface area (Å²) in [7, 11) is 0. The molecule has 0 aliphatic heterocycles. The van der Waals surface area contributed by atoms with E-state index in [1.54, 1.807) is 0 Å². The molecule has 17 heavy (non-hydrogen) atoms. The van der Waals surface area contributed by atoms with Crippen molar-refractivity contribution in [3.63, 3.8) is 0 Å². The predicted molar refractivity (Wildman–Crippen MR) is 69.6 cm³/mol. The number of phenols is 1. The summed E-state index contributed by atoms with van der Waals surface area (Å²) in [6.07, 6.45) is 0. The van der Waals surface area contributed by atoms with Crippen molar-refractivity contribution < 1.29 is 15.0 Å². The van der Waals surface area contributed by atoms with Gasteiger partial charge < -0.3 is 20.8 Å². The zero-order valence-corrected chi connectivity index (χ0v) is 10.3. The maximum Gasteiger partial charge on any atom is 0.335 e. The Bertz CT molecular complexity index is 446. The number of nitrogens with one attached hydrogen (secondary N) is 2. The van der Waals surface area contributed by atoms with Crippen molar-refractivity contribution in [1.29, 1.82) is 0 Å². The van der Waals surface area contributed by atoms with Gasteiger partial charge in [0.25, 0.3) is 0 Å². The molecule has 0 saturated carbocycles. The summed E-state index contributed by atoms with van der Waals surface area (Å²) < 4.78 is 0. The van der Waals surface area contributed by atoms with E-state index >= 15 is 0 Å². The van der Waals surface area contributed by atoms with Gasteiger partial charge in [-0.3, -0.25) is 0 Å². The first-order chi connectivity index (χ1) is 7.90. The SMILES string of the molecule is CC(C)NC(=S)Nc1ccc(C(=O)O)cc1O. The lowest BCUT2D eigenvalue weighted by atomic mass is 10.2. The topological polar surface area (TPSA) is 81.6 Å². The van der Waals surface area contributed by atoms with Crippen LogP contribution in [0.5, 0.6) is 5.75 Å². The van der Waals surface area contributed by atoms with E-state index in [4.69, 9.17) is 17.3 Å². The summed E-state index contributed by atoms with van der Waals surface area (Å²) in [5.74, 6) is -1.24. The zero-order chi connectivity index (χ0) is 13.0. The second-order valence-corrected chi connectivity index (χ2v) is 4.20. The standard InChI is InChI=1S/C11H14N2O3S/c1-6(2)12-11(17)13-8-4-3-7(10(15)16)5-9(8)14/h3-6,14H,1-2H3,(H,15,16)(H2,12,13,17). The molecule has 1 aromatic rings. The summed E-state index contributed by atoms with van der Waals surface area (Å²) >= 11 is 5.01. The van der Waals surface area contributed by atoms with Crippen molar-refractivity contribution in [2.45, 2.75) is 19.9 Å². The van der Waals surface area contributed by atoms with Crippen LogP contribution in [0.4, 0.5) is 5.69 Å². The van der Waals surface area contributed by atoms with Crippen molar-refractivity contribution >= 4 is 29.0 Å². The first-order valence-electron chi connectivity index (χ1n) is 5.04. The molecule has 92 valence electrons. The highest BCUT2D eigenvalue weighted by atomic mass is 32.1. The largest absolute Gasteiger partial charge is 0.506 e. The molecule has 0 saturated heterocycles. The molecule has 0 bridgehead atoms. The van der Waals surface area contributed by atoms with Crippen LogP contribution in [-0.4, -0.2) is 27.3 Å². The van der Waals surface area contributed by atoms with Crippen molar-refractivity contribution in [1.82, 2.24) is 5.32 Å². The van der Waals surface area contributed by atoms with Crippen molar-refractivity contribution in [2.75, 3.05) is 5.32 Å². The molecule has 0 spiro atoms. The van der Waals surface area contributed by atoms with Crippen LogP contribution in [0.2, 0.25) is 0 Å². The molecule has 0 fully saturated rings. The molecular formula is C11H14N2O3S. The maximum absolute atomic E-state index is 10.7. The zero-order valence-electron chi connectivity index (χ0n) is 9.52. The van der Waals surface area contributed by atoms with E-state index in [0.717, 1.165) is 0 Å². The van der Waals surface area contributed by atoms with Gasteiger partial charge in [-0.15, -0.1) is 0 Å². The third-order valence-corrected chi connectivity index (χ3v) is 2.13. The van der Waals surface area contributed by atoms with Gasteiger partial charge in [-0.25, -0.2) is 4.79 Å². The van der Waals surface area contributed by atoms with Crippen LogP contribution in [0.25, 0.3) is 0 Å². The first-order valence-corrected chi connectivity index (χ1v) is 5.45. The van der Waals surface area contributed by atoms with Gasteiger partial charge in [-0.1, -0.05) is 0 Å². The summed E-state index contributed by atoms with van der Waals surface area (Å²) in [6, 6.07) is 4.20. The second kappa shape index (κ2) is 5.49. The third kappa shape index (κ3) is 3.92. The number of aromatic carboxylic acids is 1. The Kier molecular flexibility index (Phi) is 4.28. The average molecular weight is 254 g/mol. The number of benzene rings is 1. The summed E-state index contributed by atoms with van der Waals surface area (Å²) in [6.45, 7) is 3.86. The first kappa shape index (κ1) is 13.2. The summed E-state index contributed by atoms with van der Waals surface area (Å²) in [5.41, 5.74) is 0.393. The molecule has 0 aliphatic carbocycles. The molecule has 0 aliphatic rings. The Morgan fingerprint density at radius 2 is 2.06 bits per heavy atom. The monoisotopic (exact) mass is 254 g/mol. The van der Waals surface area contributed by atoms with Gasteiger partial charge in [0.2, 0.25) is 0 Å². The highest BCUT2D eigenvalue weighted by Crippen LogP contribution is 2.24. The molecule has 0 radical (unpaired) electrons. The number of carboxylic acids is 1. The van der Waals surface area contributed by atoms with Crippen LogP contribution in [0.1, 0.15) is 24.2 Å². The lowest BCUT2D eigenvalue weighted by molar-refractivity contribution is 0.0696. The van der Waals surface area contributed by atoms with Crippen LogP contribution in [-0.2, 0) is 0 Å². The van der Waals surface area contributed by atoms with Crippen LogP contribution in [0.3, 0.4) is 0 Å². The number of carboxylic acid groups (broad SMARTS) is 1. The van der Waals surface area contributed by atoms with Gasteiger partial charge in [-0.05, 0) is 44.3 Å². The lowest BCUT2D eigenvalue weighted by Crippen LogP contribution is -2.33. The average Bonchev–Trinajstić information content (AvgIpc) is 2.19. The molecule has 4 N–H and O–H groups in total. The smallest absolute Gasteiger partial charge is 0.335 e. The summed E-state index contributed by atoms with van der Waals surface area (Å²) in [5, 5.41) is 24.4. The summed E-state index contributed by atoms with van der Waals surface area (Å²) in [4.78, 5) is 10.7. The molecule has 0 heterocycles. The number of thiocarbonyl (C=S) groups is 1. The molecule has 0 amide bonds. The minimum atomic E-state index is -1.09. The molecule has 1 aromatic carbocycles. The molecule has 0 atom stereocenters. The van der Waals surface area contributed by atoms with Crippen LogP contribution >= 0.6 is 12.2 Å². The van der Waals surface area contributed by atoms with E-state index in [1.807, 2.05) is 13.8 Å². The Hall–Kier alpha value is -1.82. The number of phenolic OH excluding ortho intramolecular Hbond substituents is 1. The number of aromatic hydroxyl groups is 1. The van der Waals surface area contributed by atoms with Crippen molar-refractivity contribution in [2.24, 2.45) is 0 Å². The van der Waals surface area contributed by atoms with E-state index < -0.39 is 5.97 Å². The van der Waals surface area contributed by atoms with E-state index in [0.29, 0.717) is 10.8 Å². The Balaban J connectivity index is 2.79. The van der Waals surface area contributed by atoms with Gasteiger partial charge >= 0.3 is 5.97 Å². The highest BCUT2D eigenvalue weighted by molar-refractivity contribution is 7.80. The van der Waals surface area contributed by atoms with Gasteiger partial charge in [-0.2, -0.15) is 0 Å². The Labute approximate surface area is 104 Å². The van der Waals surface area contributed by atoms with E-state index in [1.165, 1.54) is 18.2 Å². The number of carbonyl (C=O) groups is 1. The fourth-order valence-corrected chi connectivity index (χ4v) is 1.54. The van der Waals surface area contributed by atoms with E-state index in [-0.39, 0.29) is 17.4 Å². The molecule has 0 unspecified atom stereocenters. The molecule has 6 heteroatoms. The van der Waals surface area contributed by atoms with Gasteiger partial charge in [0, 0.05) is 6.04 Å². The number of rotatable bonds is 3. The number of hydrogen-bond donors (Lipinski definition) is 4. The van der Waals surface area contributed by atoms with E-state index in [2.05, 4.69) is 10.6 Å². The van der Waals surface area contributed by atoms with Gasteiger partial charge in [0.1, 0.15) is 5.75 Å². The molecular weight excluding hydrogens is 240 g/mol. The molecule has 5 nitrogen and oxygen atoms in total. The van der Waals surface area contributed by atoms with Crippen molar-refractivity contribution in [3.05, 3.63) is 23.8 Å². The fourth-order valence-electron chi connectivity index (χ4n) is 1.19. The van der Waals surface area contributed by atoms with Crippen LogP contribution < -0.4 is 10.6 Å². The maximum atomic E-state index is 10.7. The quantitative estimate of drug-likeness (QED) is 0.486. The lowest BCUT2D eigenvalue weighted by Gasteiger charge is -2.14. The Morgan fingerprint density at radius 3 is 2.53 bits per heavy atom. The second-order valence-electron chi connectivity index (χ2n) is 3.79. The minimum Gasteiger partial charge on any atom is -0.506 e. The fraction of sp³-hybridized carbons (Fsp3) is 0.273. The number of hydrogen-bond acceptors (Lipinski definition) is 3. The van der Waals surface area contributed by atoms with Crippen LogP contribution in [0.15, 0.2) is 18.2 Å². The van der Waals surface area contributed by atoms with E-state index in [9.17, 15) is 9.90 Å². The van der Waals surface area contributed by atoms with Crippen LogP contribution in [0, 0.1) is 0 Å². The predicted octanol–water partition coefficient (Wildman–Crippen LogP) is 1.79. The normalized spacial score (nSPS) is 10.1. The molecule has 0 aromatic heterocycles.